The first-order valence-corrected chi connectivity index (χ1v) is 8.34. The first-order chi connectivity index (χ1) is 12.3. The highest BCUT2D eigenvalue weighted by Crippen LogP contribution is 2.27. The first kappa shape index (κ1) is 15.7. The van der Waals surface area contributed by atoms with Crippen LogP contribution >= 0.6 is 0 Å². The fourth-order valence-corrected chi connectivity index (χ4v) is 2.96. The van der Waals surface area contributed by atoms with E-state index in [1.807, 2.05) is 42.5 Å². The van der Waals surface area contributed by atoms with Crippen LogP contribution < -0.4 is 15.0 Å². The molecule has 0 unspecified atom stereocenters. The average Bonchev–Trinajstić information content (AvgIpc) is 2.68. The molecule has 1 aromatic heterocycles. The molecule has 3 aromatic rings. The minimum absolute atomic E-state index is 0.577. The Morgan fingerprint density at radius 3 is 2.72 bits per heavy atom. The van der Waals surface area contributed by atoms with E-state index in [1.165, 1.54) is 0 Å². The average molecular weight is 336 g/mol. The summed E-state index contributed by atoms with van der Waals surface area (Å²) in [6.45, 7) is 3.10. The van der Waals surface area contributed by atoms with Gasteiger partial charge in [0, 0.05) is 30.2 Å². The Balaban J connectivity index is 1.73. The van der Waals surface area contributed by atoms with Crippen molar-refractivity contribution >= 4 is 28.4 Å². The number of para-hydroxylation sites is 1. The lowest BCUT2D eigenvalue weighted by Crippen LogP contribution is -2.37. The summed E-state index contributed by atoms with van der Waals surface area (Å²) in [6.07, 6.45) is 0. The lowest BCUT2D eigenvalue weighted by molar-refractivity contribution is 0.122. The number of ether oxygens (including phenoxy) is 2. The standard InChI is InChI=1S/C19H20N4O2/c1-24-15-6-4-5-14(13-15)20-19-21-17-8-3-2-7-16(17)18(22-19)23-9-11-25-12-10-23/h2-8,13H,9-12H2,1H3,(H,20,21,22). The zero-order valence-corrected chi connectivity index (χ0v) is 14.1. The molecule has 0 spiro atoms. The van der Waals surface area contributed by atoms with Gasteiger partial charge in [0.2, 0.25) is 5.95 Å². The molecule has 6 heteroatoms. The number of aromatic nitrogens is 2. The van der Waals surface area contributed by atoms with Crippen LogP contribution in [-0.2, 0) is 4.74 Å². The number of benzene rings is 2. The van der Waals surface area contributed by atoms with E-state index in [0.29, 0.717) is 5.95 Å². The number of hydrogen-bond donors (Lipinski definition) is 1. The molecular formula is C19H20N4O2. The van der Waals surface area contributed by atoms with Gasteiger partial charge in [-0.15, -0.1) is 0 Å². The van der Waals surface area contributed by atoms with Crippen LogP contribution in [0.25, 0.3) is 10.9 Å². The molecule has 1 fully saturated rings. The first-order valence-electron chi connectivity index (χ1n) is 8.34. The molecule has 25 heavy (non-hydrogen) atoms. The number of morpholine rings is 1. The number of rotatable bonds is 4. The predicted octanol–water partition coefficient (Wildman–Crippen LogP) is 3.22. The van der Waals surface area contributed by atoms with Gasteiger partial charge in [-0.3, -0.25) is 0 Å². The van der Waals surface area contributed by atoms with Gasteiger partial charge in [0.25, 0.3) is 0 Å². The number of methoxy groups -OCH3 is 1. The van der Waals surface area contributed by atoms with Crippen molar-refractivity contribution in [3.63, 3.8) is 0 Å². The van der Waals surface area contributed by atoms with Gasteiger partial charge in [-0.05, 0) is 24.3 Å². The van der Waals surface area contributed by atoms with Crippen molar-refractivity contribution < 1.29 is 9.47 Å². The monoisotopic (exact) mass is 336 g/mol. The highest BCUT2D eigenvalue weighted by Gasteiger charge is 2.17. The SMILES string of the molecule is COc1cccc(Nc2nc(N3CCOCC3)c3ccccc3n2)c1. The van der Waals surface area contributed by atoms with E-state index in [-0.39, 0.29) is 0 Å². The summed E-state index contributed by atoms with van der Waals surface area (Å²) in [7, 11) is 1.65. The van der Waals surface area contributed by atoms with E-state index in [9.17, 15) is 0 Å². The molecule has 2 aromatic carbocycles. The van der Waals surface area contributed by atoms with Crippen LogP contribution in [-0.4, -0.2) is 43.4 Å². The molecule has 128 valence electrons. The Kier molecular flexibility index (Phi) is 4.35. The summed E-state index contributed by atoms with van der Waals surface area (Å²) < 4.78 is 10.7. The molecule has 4 rings (SSSR count). The summed E-state index contributed by atoms with van der Waals surface area (Å²) in [5.41, 5.74) is 1.81. The summed E-state index contributed by atoms with van der Waals surface area (Å²) in [5.74, 6) is 2.31. The van der Waals surface area contributed by atoms with Gasteiger partial charge in [-0.2, -0.15) is 4.98 Å². The number of hydrogen-bond acceptors (Lipinski definition) is 6. The van der Waals surface area contributed by atoms with Crippen LogP contribution in [0.15, 0.2) is 48.5 Å². The van der Waals surface area contributed by atoms with Crippen LogP contribution in [0.1, 0.15) is 0 Å². The largest absolute Gasteiger partial charge is 0.497 e. The second kappa shape index (κ2) is 6.94. The van der Waals surface area contributed by atoms with Crippen LogP contribution in [0, 0.1) is 0 Å². The minimum Gasteiger partial charge on any atom is -0.497 e. The minimum atomic E-state index is 0.577. The van der Waals surface area contributed by atoms with Crippen molar-refractivity contribution in [2.75, 3.05) is 43.6 Å². The molecule has 0 amide bonds. The fraction of sp³-hybridized carbons (Fsp3) is 0.263. The Hall–Kier alpha value is -2.86. The number of fused-ring (bicyclic) bond motifs is 1. The summed E-state index contributed by atoms with van der Waals surface area (Å²) in [6, 6.07) is 15.8. The molecule has 0 radical (unpaired) electrons. The fourth-order valence-electron chi connectivity index (χ4n) is 2.96. The normalized spacial score (nSPS) is 14.5. The molecule has 0 bridgehead atoms. The Labute approximate surface area is 146 Å². The molecule has 0 aliphatic carbocycles. The van der Waals surface area contributed by atoms with Crippen LogP contribution in [0.3, 0.4) is 0 Å². The number of nitrogens with zero attached hydrogens (tertiary/aromatic N) is 3. The zero-order chi connectivity index (χ0) is 17.1. The van der Waals surface area contributed by atoms with E-state index in [2.05, 4.69) is 21.3 Å². The maximum absolute atomic E-state index is 5.47. The molecule has 1 aliphatic rings. The number of nitrogens with one attached hydrogen (secondary N) is 1. The van der Waals surface area contributed by atoms with E-state index >= 15 is 0 Å². The lowest BCUT2D eigenvalue weighted by Gasteiger charge is -2.29. The Bertz CT molecular complexity index is 878. The van der Waals surface area contributed by atoms with Gasteiger partial charge < -0.3 is 19.7 Å². The third-order valence-electron chi connectivity index (χ3n) is 4.22. The van der Waals surface area contributed by atoms with Gasteiger partial charge in [0.05, 0.1) is 25.8 Å². The van der Waals surface area contributed by atoms with Gasteiger partial charge in [-0.1, -0.05) is 18.2 Å². The quantitative estimate of drug-likeness (QED) is 0.789. The second-order valence-corrected chi connectivity index (χ2v) is 5.84. The predicted molar refractivity (Wildman–Crippen MR) is 98.8 cm³/mol. The molecule has 2 heterocycles. The van der Waals surface area contributed by atoms with Crippen molar-refractivity contribution in [1.29, 1.82) is 0 Å². The van der Waals surface area contributed by atoms with E-state index in [0.717, 1.165) is 54.5 Å². The van der Waals surface area contributed by atoms with Crippen LogP contribution in [0.5, 0.6) is 5.75 Å². The van der Waals surface area contributed by atoms with Gasteiger partial charge in [0.1, 0.15) is 11.6 Å². The Morgan fingerprint density at radius 2 is 1.88 bits per heavy atom. The molecule has 0 atom stereocenters. The molecular weight excluding hydrogens is 316 g/mol. The second-order valence-electron chi connectivity index (χ2n) is 5.84. The van der Waals surface area contributed by atoms with Gasteiger partial charge in [-0.25, -0.2) is 4.98 Å². The van der Waals surface area contributed by atoms with Crippen molar-refractivity contribution in [1.82, 2.24) is 9.97 Å². The topological polar surface area (TPSA) is 59.5 Å². The molecule has 0 saturated carbocycles. The Morgan fingerprint density at radius 1 is 1.04 bits per heavy atom. The van der Waals surface area contributed by atoms with E-state index in [1.54, 1.807) is 7.11 Å². The van der Waals surface area contributed by atoms with Crippen molar-refractivity contribution in [2.45, 2.75) is 0 Å². The highest BCUT2D eigenvalue weighted by molar-refractivity contribution is 5.90. The lowest BCUT2D eigenvalue weighted by atomic mass is 10.2. The third-order valence-corrected chi connectivity index (χ3v) is 4.22. The summed E-state index contributed by atoms with van der Waals surface area (Å²) >= 11 is 0. The zero-order valence-electron chi connectivity index (χ0n) is 14.1. The summed E-state index contributed by atoms with van der Waals surface area (Å²) in [5, 5.41) is 4.35. The van der Waals surface area contributed by atoms with Crippen molar-refractivity contribution in [3.8, 4) is 5.75 Å². The van der Waals surface area contributed by atoms with E-state index in [4.69, 9.17) is 14.5 Å². The molecule has 1 saturated heterocycles. The maximum atomic E-state index is 5.47. The molecule has 1 N–H and O–H groups in total. The smallest absolute Gasteiger partial charge is 0.229 e. The third kappa shape index (κ3) is 3.34. The van der Waals surface area contributed by atoms with Crippen molar-refractivity contribution in [3.05, 3.63) is 48.5 Å². The number of anilines is 3. The molecule has 6 nitrogen and oxygen atoms in total. The van der Waals surface area contributed by atoms with Crippen LogP contribution in [0.2, 0.25) is 0 Å². The van der Waals surface area contributed by atoms with Crippen LogP contribution in [0.4, 0.5) is 17.5 Å². The highest BCUT2D eigenvalue weighted by atomic mass is 16.5. The van der Waals surface area contributed by atoms with E-state index < -0.39 is 0 Å². The van der Waals surface area contributed by atoms with Gasteiger partial charge >= 0.3 is 0 Å². The summed E-state index contributed by atoms with van der Waals surface area (Å²) in [4.78, 5) is 11.7. The van der Waals surface area contributed by atoms with Crippen molar-refractivity contribution in [2.24, 2.45) is 0 Å². The maximum Gasteiger partial charge on any atom is 0.229 e. The molecule has 1 aliphatic heterocycles. The van der Waals surface area contributed by atoms with Gasteiger partial charge in [0.15, 0.2) is 0 Å².